The fourth-order valence-corrected chi connectivity index (χ4v) is 4.12. The molecule has 0 fully saturated rings. The number of para-hydroxylation sites is 1. The number of fused-ring (bicyclic) bond motifs is 1. The Bertz CT molecular complexity index is 1190. The van der Waals surface area contributed by atoms with Gasteiger partial charge in [0.2, 0.25) is 3.79 Å². The average molecular weight is 492 g/mol. The van der Waals surface area contributed by atoms with Crippen LogP contribution >= 0.6 is 34.8 Å². The molecule has 160 valence electrons. The molecule has 3 aromatic rings. The summed E-state index contributed by atoms with van der Waals surface area (Å²) in [6.07, 6.45) is 0. The lowest BCUT2D eigenvalue weighted by Gasteiger charge is -2.20. The van der Waals surface area contributed by atoms with Crippen molar-refractivity contribution >= 4 is 56.0 Å². The van der Waals surface area contributed by atoms with E-state index in [2.05, 4.69) is 9.71 Å². The fourth-order valence-electron chi connectivity index (χ4n) is 2.81. The molecule has 0 saturated heterocycles. The Labute approximate surface area is 188 Å². The van der Waals surface area contributed by atoms with Gasteiger partial charge in [-0.25, -0.2) is 0 Å². The van der Waals surface area contributed by atoms with Gasteiger partial charge in [-0.15, -0.1) is 0 Å². The summed E-state index contributed by atoms with van der Waals surface area (Å²) in [5, 5.41) is 0.729. The Kier molecular flexibility index (Phi) is 6.96. The molecule has 0 aliphatic carbocycles. The Morgan fingerprint density at radius 2 is 1.77 bits per heavy atom. The largest absolute Gasteiger partial charge is 0.497 e. The third-order valence-corrected chi connectivity index (χ3v) is 5.46. The molecule has 0 aliphatic heterocycles. The molecule has 0 radical (unpaired) electrons. The van der Waals surface area contributed by atoms with Crippen molar-refractivity contribution in [2.45, 2.75) is 9.83 Å². The first-order chi connectivity index (χ1) is 14.1. The van der Waals surface area contributed by atoms with Gasteiger partial charge in [0.25, 0.3) is 5.56 Å². The fraction of sp³-hybridized carbons (Fsp3) is 0.211. The summed E-state index contributed by atoms with van der Waals surface area (Å²) in [5.74, 6) is 0.570. The van der Waals surface area contributed by atoms with Crippen LogP contribution in [0.15, 0.2) is 59.4 Å². The van der Waals surface area contributed by atoms with E-state index in [-0.39, 0.29) is 5.56 Å². The predicted molar refractivity (Wildman–Crippen MR) is 118 cm³/mol. The number of pyridine rings is 1. The second kappa shape index (κ2) is 9.13. The quantitative estimate of drug-likeness (QED) is 0.489. The van der Waals surface area contributed by atoms with Gasteiger partial charge in [-0.05, 0) is 35.2 Å². The number of rotatable bonds is 7. The molecule has 0 aliphatic rings. The van der Waals surface area contributed by atoms with Gasteiger partial charge in [-0.3, -0.25) is 8.98 Å². The van der Waals surface area contributed by atoms with Gasteiger partial charge in [0.1, 0.15) is 12.4 Å². The summed E-state index contributed by atoms with van der Waals surface area (Å²) < 4.78 is 35.3. The SMILES string of the molecule is COc1ccc([C@@H](NS(=O)(=O)OCC(Cl)(Cl)Cl)c2cc3ccccc3[nH]c2=O)cc1. The minimum absolute atomic E-state index is 0.167. The van der Waals surface area contributed by atoms with Crippen molar-refractivity contribution in [3.05, 3.63) is 76.1 Å². The summed E-state index contributed by atoms with van der Waals surface area (Å²) in [4.78, 5) is 15.5. The molecule has 0 saturated carbocycles. The van der Waals surface area contributed by atoms with E-state index in [4.69, 9.17) is 43.7 Å². The maximum absolute atomic E-state index is 12.8. The van der Waals surface area contributed by atoms with E-state index in [1.807, 2.05) is 0 Å². The number of hydrogen-bond acceptors (Lipinski definition) is 5. The van der Waals surface area contributed by atoms with Gasteiger partial charge in [0.15, 0.2) is 0 Å². The minimum atomic E-state index is -4.38. The Morgan fingerprint density at radius 1 is 1.10 bits per heavy atom. The lowest BCUT2D eigenvalue weighted by atomic mass is 9.99. The number of H-pyrrole nitrogens is 1. The normalized spacial score (nSPS) is 13.3. The van der Waals surface area contributed by atoms with Crippen molar-refractivity contribution in [1.29, 1.82) is 0 Å². The minimum Gasteiger partial charge on any atom is -0.497 e. The number of aromatic amines is 1. The second-order valence-electron chi connectivity index (χ2n) is 6.30. The molecule has 0 spiro atoms. The highest BCUT2D eigenvalue weighted by atomic mass is 35.6. The summed E-state index contributed by atoms with van der Waals surface area (Å²) in [7, 11) is -2.88. The van der Waals surface area contributed by atoms with Crippen LogP contribution in [0.25, 0.3) is 10.9 Å². The first-order valence-corrected chi connectivity index (χ1v) is 11.1. The first kappa shape index (κ1) is 22.9. The summed E-state index contributed by atoms with van der Waals surface area (Å²) in [5.41, 5.74) is 0.811. The number of ether oxygens (including phenoxy) is 1. The lowest BCUT2D eigenvalue weighted by molar-refractivity contribution is 0.315. The molecular formula is C19H17Cl3N2O5S. The van der Waals surface area contributed by atoms with Gasteiger partial charge < -0.3 is 9.72 Å². The van der Waals surface area contributed by atoms with Crippen molar-refractivity contribution in [2.75, 3.05) is 13.7 Å². The third kappa shape index (κ3) is 5.87. The van der Waals surface area contributed by atoms with Crippen LogP contribution in [0.4, 0.5) is 0 Å². The second-order valence-corrected chi connectivity index (χ2v) is 10.2. The number of benzene rings is 2. The molecule has 1 atom stereocenters. The maximum atomic E-state index is 12.8. The van der Waals surface area contributed by atoms with E-state index in [1.165, 1.54) is 7.11 Å². The maximum Gasteiger partial charge on any atom is 0.336 e. The summed E-state index contributed by atoms with van der Waals surface area (Å²) in [6, 6.07) is 14.2. The average Bonchev–Trinajstić information content (AvgIpc) is 2.70. The van der Waals surface area contributed by atoms with Crippen LogP contribution in [-0.4, -0.2) is 30.9 Å². The zero-order valence-electron chi connectivity index (χ0n) is 15.6. The number of alkyl halides is 3. The van der Waals surface area contributed by atoms with Gasteiger partial charge in [-0.1, -0.05) is 65.1 Å². The van der Waals surface area contributed by atoms with Crippen molar-refractivity contribution in [3.63, 3.8) is 0 Å². The highest BCUT2D eigenvalue weighted by molar-refractivity contribution is 7.84. The highest BCUT2D eigenvalue weighted by Gasteiger charge is 2.28. The predicted octanol–water partition coefficient (Wildman–Crippen LogP) is 3.85. The van der Waals surface area contributed by atoms with Crippen LogP contribution in [0.2, 0.25) is 0 Å². The molecule has 11 heteroatoms. The van der Waals surface area contributed by atoms with E-state index >= 15 is 0 Å². The smallest absolute Gasteiger partial charge is 0.336 e. The van der Waals surface area contributed by atoms with E-state index in [9.17, 15) is 13.2 Å². The van der Waals surface area contributed by atoms with Crippen LogP contribution in [0, 0.1) is 0 Å². The van der Waals surface area contributed by atoms with Crippen LogP contribution in [0.1, 0.15) is 17.2 Å². The molecule has 0 bridgehead atoms. The van der Waals surface area contributed by atoms with Gasteiger partial charge >= 0.3 is 10.3 Å². The van der Waals surface area contributed by atoms with Gasteiger partial charge in [-0.2, -0.15) is 13.1 Å². The van der Waals surface area contributed by atoms with Crippen molar-refractivity contribution in [3.8, 4) is 5.75 Å². The van der Waals surface area contributed by atoms with Gasteiger partial charge in [0.05, 0.1) is 13.2 Å². The third-order valence-electron chi connectivity index (χ3n) is 4.18. The molecule has 7 nitrogen and oxygen atoms in total. The van der Waals surface area contributed by atoms with Crippen LogP contribution < -0.4 is 15.0 Å². The number of nitrogens with one attached hydrogen (secondary N) is 2. The standard InChI is InChI=1S/C19H17Cl3N2O5S/c1-28-14-8-6-12(7-9-14)17(24-30(26,27)29-11-19(20,21)22)15-10-13-4-2-3-5-16(13)23-18(15)25/h2-10,17,24H,11H2,1H3,(H,23,25)/t17-/m1/s1. The molecule has 0 unspecified atom stereocenters. The molecule has 2 aromatic carbocycles. The monoisotopic (exact) mass is 490 g/mol. The molecule has 0 amide bonds. The number of halogens is 3. The number of methoxy groups -OCH3 is 1. The molecule has 3 rings (SSSR count). The topological polar surface area (TPSA) is 97.5 Å². The molecule has 1 heterocycles. The zero-order chi connectivity index (χ0) is 21.9. The first-order valence-electron chi connectivity index (χ1n) is 8.57. The molecular weight excluding hydrogens is 475 g/mol. The van der Waals surface area contributed by atoms with Gasteiger partial charge in [0, 0.05) is 11.1 Å². The Balaban J connectivity index is 2.06. The Hall–Kier alpha value is -1.81. The van der Waals surface area contributed by atoms with Crippen LogP contribution in [0.3, 0.4) is 0 Å². The van der Waals surface area contributed by atoms with E-state index in [0.29, 0.717) is 16.8 Å². The van der Waals surface area contributed by atoms with E-state index in [1.54, 1.807) is 54.6 Å². The summed E-state index contributed by atoms with van der Waals surface area (Å²) >= 11 is 16.7. The number of hydrogen-bond donors (Lipinski definition) is 2. The zero-order valence-corrected chi connectivity index (χ0v) is 18.6. The molecule has 2 N–H and O–H groups in total. The van der Waals surface area contributed by atoms with Crippen molar-refractivity contribution in [1.82, 2.24) is 9.71 Å². The summed E-state index contributed by atoms with van der Waals surface area (Å²) in [6.45, 7) is -0.698. The number of aromatic nitrogens is 1. The van der Waals surface area contributed by atoms with Crippen molar-refractivity contribution in [2.24, 2.45) is 0 Å². The highest BCUT2D eigenvalue weighted by Crippen LogP contribution is 2.28. The molecule has 1 aromatic heterocycles. The van der Waals surface area contributed by atoms with Crippen molar-refractivity contribution < 1.29 is 17.3 Å². The Morgan fingerprint density at radius 3 is 2.40 bits per heavy atom. The lowest BCUT2D eigenvalue weighted by Crippen LogP contribution is -2.35. The van der Waals surface area contributed by atoms with E-state index < -0.39 is 32.3 Å². The van der Waals surface area contributed by atoms with E-state index in [0.717, 1.165) is 5.39 Å². The van der Waals surface area contributed by atoms with Crippen LogP contribution in [0.5, 0.6) is 5.75 Å². The van der Waals surface area contributed by atoms with Crippen LogP contribution in [-0.2, 0) is 14.5 Å². The molecule has 30 heavy (non-hydrogen) atoms.